The van der Waals surface area contributed by atoms with Crippen LogP contribution >= 0.6 is 0 Å². The average Bonchev–Trinajstić information content (AvgIpc) is 1.95. The van der Waals surface area contributed by atoms with E-state index < -0.39 is 3.29 Å². The molecule has 2 heteroatoms. The summed E-state index contributed by atoms with van der Waals surface area (Å²) in [6, 6.07) is 4.56. The summed E-state index contributed by atoms with van der Waals surface area (Å²) >= 11 is 0.809. The minimum absolute atomic E-state index is 0.608. The van der Waals surface area contributed by atoms with Crippen molar-refractivity contribution in [3.8, 4) is 0 Å². The van der Waals surface area contributed by atoms with Crippen molar-refractivity contribution in [3.05, 3.63) is 0 Å². The molecule has 0 rings (SSSR count). The summed E-state index contributed by atoms with van der Waals surface area (Å²) in [4.78, 5) is 0. The van der Waals surface area contributed by atoms with Crippen LogP contribution in [0.3, 0.4) is 0 Å². The Hall–Kier alpha value is 1.46. The van der Waals surface area contributed by atoms with Gasteiger partial charge in [-0.25, -0.2) is 0 Å². The quantitative estimate of drug-likeness (QED) is 0.700. The topological polar surface area (TPSA) is 0 Å². The summed E-state index contributed by atoms with van der Waals surface area (Å²) in [6.07, 6.45) is 0. The predicted molar refractivity (Wildman–Crippen MR) is 43.1 cm³/mol. The Morgan fingerprint density at radius 1 is 1.00 bits per heavy atom. The monoisotopic (exact) mass is 296 g/mol. The van der Waals surface area contributed by atoms with E-state index in [4.69, 9.17) is 0 Å². The third kappa shape index (κ3) is 2.91. The minimum atomic E-state index is -0.608. The van der Waals surface area contributed by atoms with Crippen molar-refractivity contribution in [2.24, 2.45) is 0 Å². The third-order valence-corrected chi connectivity index (χ3v) is 18.1. The van der Waals surface area contributed by atoms with Crippen molar-refractivity contribution in [1.29, 1.82) is 0 Å². The average molecular weight is 298 g/mol. The molecule has 0 saturated carbocycles. The second kappa shape index (κ2) is 5.16. The van der Waals surface area contributed by atoms with E-state index in [1.807, 2.05) is 0 Å². The van der Waals surface area contributed by atoms with E-state index in [1.165, 1.54) is 18.1 Å². The summed E-state index contributed by atoms with van der Waals surface area (Å²) in [7, 11) is 0. The molecular formula is C7H18ErSi. The van der Waals surface area contributed by atoms with E-state index in [0.29, 0.717) is 0 Å². The molecule has 0 bridgehead atoms. The molecule has 0 aromatic heterocycles. The summed E-state index contributed by atoms with van der Waals surface area (Å²) in [5, 5.41) is 0. The molecule has 0 saturated heterocycles. The Morgan fingerprint density at radius 3 is 1.33 bits per heavy atom. The Morgan fingerprint density at radius 2 is 1.33 bits per heavy atom. The van der Waals surface area contributed by atoms with Crippen LogP contribution in [0, 0.1) is 32.4 Å². The summed E-state index contributed by atoms with van der Waals surface area (Å²) in [5.41, 5.74) is 0. The van der Waals surface area contributed by atoms with Crippen LogP contribution in [0.15, 0.2) is 0 Å². The van der Waals surface area contributed by atoms with E-state index >= 15 is 0 Å². The van der Waals surface area contributed by atoms with Crippen LogP contribution in [0.5, 0.6) is 0 Å². The van der Waals surface area contributed by atoms with E-state index in [0.717, 1.165) is 32.4 Å². The van der Waals surface area contributed by atoms with Crippen molar-refractivity contribution >= 4 is 3.29 Å². The van der Waals surface area contributed by atoms with Crippen molar-refractivity contribution in [1.82, 2.24) is 0 Å². The van der Waals surface area contributed by atoms with Crippen LogP contribution < -0.4 is 0 Å². The predicted octanol–water partition coefficient (Wildman–Crippen LogP) is 3.12. The molecule has 0 heterocycles. The summed E-state index contributed by atoms with van der Waals surface area (Å²) in [6.45, 7) is 7.15. The number of hydrogen-bond acceptors (Lipinski definition) is 0. The molecule has 62 valence electrons. The maximum atomic E-state index is 2.45. The Kier molecular flexibility index (Phi) is 6.00. The summed E-state index contributed by atoms with van der Waals surface area (Å²) < 4.78 is 1.84. The standard InChI is InChI=1S/C6H15Si.CH3.Er/c1-4-7(5-2)6-3;;/h4-6H2,1-3H3;1H3;. The van der Waals surface area contributed by atoms with Crippen molar-refractivity contribution in [2.75, 3.05) is 0 Å². The molecule has 0 aliphatic heterocycles. The molecule has 0 amide bonds. The molecule has 0 fully saturated rings. The van der Waals surface area contributed by atoms with E-state index in [2.05, 4.69) is 23.9 Å². The normalized spacial score (nSPS) is 12.4. The van der Waals surface area contributed by atoms with E-state index in [9.17, 15) is 0 Å². The fraction of sp³-hybridized carbons (Fsp3) is 1.00. The molecule has 0 atom stereocenters. The zero-order chi connectivity index (χ0) is 7.33. The van der Waals surface area contributed by atoms with Gasteiger partial charge in [0.2, 0.25) is 0 Å². The van der Waals surface area contributed by atoms with Gasteiger partial charge in [0.25, 0.3) is 0 Å². The third-order valence-electron chi connectivity index (χ3n) is 2.11. The first kappa shape index (κ1) is 10.5. The van der Waals surface area contributed by atoms with Gasteiger partial charge in [0.1, 0.15) is 0 Å². The van der Waals surface area contributed by atoms with E-state index in [-0.39, 0.29) is 0 Å². The van der Waals surface area contributed by atoms with Gasteiger partial charge in [0.05, 0.1) is 0 Å². The zero-order valence-electron chi connectivity index (χ0n) is 6.91. The van der Waals surface area contributed by atoms with Crippen LogP contribution in [0.4, 0.5) is 0 Å². The first-order chi connectivity index (χ1) is 4.24. The van der Waals surface area contributed by atoms with Gasteiger partial charge < -0.3 is 0 Å². The van der Waals surface area contributed by atoms with Gasteiger partial charge in [-0.2, -0.15) is 0 Å². The van der Waals surface area contributed by atoms with Crippen LogP contribution in [0.2, 0.25) is 21.2 Å². The molecule has 0 aliphatic rings. The number of hydrogen-bond donors (Lipinski definition) is 0. The van der Waals surface area contributed by atoms with Gasteiger partial charge in [-0.1, -0.05) is 0 Å². The van der Waals surface area contributed by atoms with E-state index in [1.54, 1.807) is 0 Å². The molecule has 0 nitrogen and oxygen atoms in total. The van der Waals surface area contributed by atoms with Gasteiger partial charge in [0, 0.05) is 0 Å². The van der Waals surface area contributed by atoms with Gasteiger partial charge in [-0.05, 0) is 0 Å². The molecule has 0 unspecified atom stereocenters. The second-order valence-corrected chi connectivity index (χ2v) is 15.5. The second-order valence-electron chi connectivity index (χ2n) is 2.26. The fourth-order valence-corrected chi connectivity index (χ4v) is 9.06. The molecule has 0 spiro atoms. The van der Waals surface area contributed by atoms with Crippen molar-refractivity contribution in [3.63, 3.8) is 0 Å². The van der Waals surface area contributed by atoms with Crippen LogP contribution in [-0.4, -0.2) is 3.29 Å². The van der Waals surface area contributed by atoms with Crippen molar-refractivity contribution < 1.29 is 32.4 Å². The summed E-state index contributed by atoms with van der Waals surface area (Å²) in [5.74, 6) is 0. The van der Waals surface area contributed by atoms with Crippen molar-refractivity contribution in [2.45, 2.75) is 42.0 Å². The van der Waals surface area contributed by atoms with Gasteiger partial charge in [0.15, 0.2) is 0 Å². The molecule has 0 radical (unpaired) electrons. The fourth-order valence-electron chi connectivity index (χ4n) is 1.06. The molecule has 0 aromatic carbocycles. The molecule has 0 aromatic rings. The molecule has 9 heavy (non-hydrogen) atoms. The van der Waals surface area contributed by atoms with Gasteiger partial charge >= 0.3 is 77.7 Å². The maximum absolute atomic E-state index is 2.45. The Bertz CT molecular complexity index is 51.8. The molecule has 0 aliphatic carbocycles. The number of rotatable bonds is 4. The van der Waals surface area contributed by atoms with Crippen LogP contribution in [0.25, 0.3) is 0 Å². The zero-order valence-corrected chi connectivity index (χ0v) is 9.76. The first-order valence-corrected chi connectivity index (χ1v) is 10.7. The van der Waals surface area contributed by atoms with Crippen LogP contribution in [-0.2, 0) is 0 Å². The molecular weight excluding hydrogens is 279 g/mol. The van der Waals surface area contributed by atoms with Crippen LogP contribution in [0.1, 0.15) is 20.8 Å². The first-order valence-electron chi connectivity index (χ1n) is 3.61. The van der Waals surface area contributed by atoms with Gasteiger partial charge in [-0.3, -0.25) is 0 Å². The molecule has 0 N–H and O–H groups in total. The van der Waals surface area contributed by atoms with Gasteiger partial charge in [-0.15, -0.1) is 0 Å². The Balaban J connectivity index is 3.82. The SMILES string of the molecule is CC[Si](CC)(CC)[Er][CH3]. The Labute approximate surface area is 76.9 Å².